The molecule has 0 radical (unpaired) electrons. The molecule has 0 aromatic heterocycles. The quantitative estimate of drug-likeness (QED) is 0.883. The molecule has 27 heavy (non-hydrogen) atoms. The second kappa shape index (κ2) is 8.85. The van der Waals surface area contributed by atoms with Gasteiger partial charge in [-0.05, 0) is 55.9 Å². The van der Waals surface area contributed by atoms with Crippen molar-refractivity contribution in [1.82, 2.24) is 10.2 Å². The van der Waals surface area contributed by atoms with E-state index < -0.39 is 0 Å². The number of aryl methyl sites for hydroxylation is 2. The molecule has 0 aliphatic carbocycles. The largest absolute Gasteiger partial charge is 0.356 e. The van der Waals surface area contributed by atoms with E-state index >= 15 is 0 Å². The molecule has 2 aromatic rings. The highest BCUT2D eigenvalue weighted by Gasteiger charge is 2.28. The summed E-state index contributed by atoms with van der Waals surface area (Å²) in [6.45, 7) is 6.00. The zero-order valence-corrected chi connectivity index (χ0v) is 16.2. The maximum atomic E-state index is 12.7. The first-order valence-corrected chi connectivity index (χ1v) is 9.73. The van der Waals surface area contributed by atoms with E-state index in [1.165, 1.54) is 11.1 Å². The lowest BCUT2D eigenvalue weighted by Gasteiger charge is -2.31. The van der Waals surface area contributed by atoms with Crippen molar-refractivity contribution in [2.45, 2.75) is 33.1 Å². The minimum atomic E-state index is 0.00258. The summed E-state index contributed by atoms with van der Waals surface area (Å²) >= 11 is 0. The molecule has 3 rings (SSSR count). The number of amides is 2. The summed E-state index contributed by atoms with van der Waals surface area (Å²) < 4.78 is 0. The number of benzene rings is 2. The fourth-order valence-electron chi connectivity index (χ4n) is 3.68. The van der Waals surface area contributed by atoms with Crippen LogP contribution in [0.5, 0.6) is 0 Å². The van der Waals surface area contributed by atoms with Crippen molar-refractivity contribution in [3.05, 3.63) is 70.8 Å². The topological polar surface area (TPSA) is 49.4 Å². The molecule has 142 valence electrons. The molecule has 4 heteroatoms. The highest BCUT2D eigenvalue weighted by atomic mass is 16.2. The fourth-order valence-corrected chi connectivity index (χ4v) is 3.68. The van der Waals surface area contributed by atoms with E-state index in [4.69, 9.17) is 0 Å². The van der Waals surface area contributed by atoms with Crippen molar-refractivity contribution in [1.29, 1.82) is 0 Å². The molecule has 0 atom stereocenters. The van der Waals surface area contributed by atoms with Crippen molar-refractivity contribution >= 4 is 11.8 Å². The monoisotopic (exact) mass is 364 g/mol. The van der Waals surface area contributed by atoms with E-state index in [0.29, 0.717) is 19.6 Å². The summed E-state index contributed by atoms with van der Waals surface area (Å²) in [5.74, 6) is 0.195. The Hall–Kier alpha value is -2.62. The average Bonchev–Trinajstić information content (AvgIpc) is 2.69. The van der Waals surface area contributed by atoms with Crippen molar-refractivity contribution < 1.29 is 9.59 Å². The van der Waals surface area contributed by atoms with Crippen LogP contribution in [0, 0.1) is 19.8 Å². The lowest BCUT2D eigenvalue weighted by Crippen LogP contribution is -2.43. The normalized spacial score (nSPS) is 14.8. The fraction of sp³-hybridized carbons (Fsp3) is 0.391. The van der Waals surface area contributed by atoms with Gasteiger partial charge in [0.05, 0.1) is 0 Å². The number of nitrogens with zero attached hydrogens (tertiary/aromatic N) is 1. The number of hydrogen-bond acceptors (Lipinski definition) is 2. The van der Waals surface area contributed by atoms with E-state index in [1.807, 2.05) is 48.2 Å². The van der Waals surface area contributed by atoms with Crippen LogP contribution in [0.3, 0.4) is 0 Å². The summed E-state index contributed by atoms with van der Waals surface area (Å²) in [5, 5.41) is 3.07. The number of carbonyl (C=O) groups excluding carboxylic acids is 2. The molecular weight excluding hydrogens is 336 g/mol. The van der Waals surface area contributed by atoms with E-state index in [2.05, 4.69) is 24.4 Å². The maximum Gasteiger partial charge on any atom is 0.254 e. The summed E-state index contributed by atoms with van der Waals surface area (Å²) in [6.07, 6.45) is 2.31. The Morgan fingerprint density at radius 1 is 0.963 bits per heavy atom. The van der Waals surface area contributed by atoms with Gasteiger partial charge in [-0.3, -0.25) is 9.59 Å². The highest BCUT2D eigenvalue weighted by Crippen LogP contribution is 2.20. The molecule has 1 aliphatic heterocycles. The molecule has 1 saturated heterocycles. The van der Waals surface area contributed by atoms with Gasteiger partial charge < -0.3 is 10.2 Å². The molecule has 2 aromatic carbocycles. The van der Waals surface area contributed by atoms with Gasteiger partial charge in [-0.2, -0.15) is 0 Å². The molecule has 4 nitrogen and oxygen atoms in total. The van der Waals surface area contributed by atoms with Crippen LogP contribution in [0.4, 0.5) is 0 Å². The summed E-state index contributed by atoms with van der Waals surface area (Å²) in [4.78, 5) is 27.0. The molecule has 0 bridgehead atoms. The first-order valence-electron chi connectivity index (χ1n) is 9.73. The Morgan fingerprint density at radius 2 is 1.59 bits per heavy atom. The van der Waals surface area contributed by atoms with Crippen LogP contribution < -0.4 is 5.32 Å². The first-order chi connectivity index (χ1) is 13.1. The third kappa shape index (κ3) is 4.76. The number of piperidine rings is 1. The zero-order valence-electron chi connectivity index (χ0n) is 16.2. The predicted molar refractivity (Wildman–Crippen MR) is 108 cm³/mol. The Bertz CT molecular complexity index is 808. The van der Waals surface area contributed by atoms with E-state index in [1.54, 1.807) is 0 Å². The number of carbonyl (C=O) groups is 2. The smallest absolute Gasteiger partial charge is 0.254 e. The Balaban J connectivity index is 1.46. The van der Waals surface area contributed by atoms with Gasteiger partial charge in [0.1, 0.15) is 0 Å². The molecule has 1 aliphatic rings. The number of hydrogen-bond donors (Lipinski definition) is 1. The van der Waals surface area contributed by atoms with Gasteiger partial charge in [-0.1, -0.05) is 42.5 Å². The summed E-state index contributed by atoms with van der Waals surface area (Å²) in [7, 11) is 0. The van der Waals surface area contributed by atoms with Crippen LogP contribution in [0.15, 0.2) is 48.5 Å². The Morgan fingerprint density at radius 3 is 2.26 bits per heavy atom. The molecule has 1 N–H and O–H groups in total. The van der Waals surface area contributed by atoms with Gasteiger partial charge >= 0.3 is 0 Å². The van der Waals surface area contributed by atoms with Gasteiger partial charge in [0.25, 0.3) is 5.91 Å². The van der Waals surface area contributed by atoms with Crippen LogP contribution >= 0.6 is 0 Å². The Labute approximate surface area is 161 Å². The van der Waals surface area contributed by atoms with Gasteiger partial charge in [-0.25, -0.2) is 0 Å². The molecule has 1 heterocycles. The molecule has 2 amide bonds. The van der Waals surface area contributed by atoms with Crippen LogP contribution in [0.1, 0.15) is 39.9 Å². The zero-order chi connectivity index (χ0) is 19.2. The maximum absolute atomic E-state index is 12.7. The third-order valence-corrected chi connectivity index (χ3v) is 5.48. The summed E-state index contributed by atoms with van der Waals surface area (Å²) in [5.41, 5.74) is 4.29. The third-order valence-electron chi connectivity index (χ3n) is 5.48. The van der Waals surface area contributed by atoms with Gasteiger partial charge in [0.2, 0.25) is 5.91 Å². The van der Waals surface area contributed by atoms with E-state index in [0.717, 1.165) is 30.4 Å². The van der Waals surface area contributed by atoms with Crippen LogP contribution in [-0.2, 0) is 11.2 Å². The standard InChI is InChI=1S/C23H28N2O2/c1-17-7-3-5-9-19(17)11-14-24-22(26)20-12-15-25(16-13-20)23(27)21-10-6-4-8-18(21)2/h3-10,20H,11-16H2,1-2H3,(H,24,26). The molecular formula is C23H28N2O2. The van der Waals surface area contributed by atoms with Crippen LogP contribution in [0.25, 0.3) is 0 Å². The van der Waals surface area contributed by atoms with Crippen LogP contribution in [0.2, 0.25) is 0 Å². The van der Waals surface area contributed by atoms with Gasteiger partial charge in [-0.15, -0.1) is 0 Å². The van der Waals surface area contributed by atoms with Crippen LogP contribution in [-0.4, -0.2) is 36.3 Å². The van der Waals surface area contributed by atoms with E-state index in [9.17, 15) is 9.59 Å². The van der Waals surface area contributed by atoms with Gasteiger partial charge in [0.15, 0.2) is 0 Å². The second-order valence-electron chi connectivity index (χ2n) is 7.35. The number of likely N-dealkylation sites (tertiary alicyclic amines) is 1. The first kappa shape index (κ1) is 19.2. The lowest BCUT2D eigenvalue weighted by molar-refractivity contribution is -0.126. The molecule has 0 unspecified atom stereocenters. The van der Waals surface area contributed by atoms with Crippen molar-refractivity contribution in [3.8, 4) is 0 Å². The lowest BCUT2D eigenvalue weighted by atomic mass is 9.95. The average molecular weight is 364 g/mol. The summed E-state index contributed by atoms with van der Waals surface area (Å²) in [6, 6.07) is 15.9. The van der Waals surface area contributed by atoms with E-state index in [-0.39, 0.29) is 17.7 Å². The van der Waals surface area contributed by atoms with Crippen molar-refractivity contribution in [2.75, 3.05) is 19.6 Å². The molecule has 0 spiro atoms. The number of rotatable bonds is 5. The Kier molecular flexibility index (Phi) is 6.28. The minimum absolute atomic E-state index is 0.00258. The second-order valence-corrected chi connectivity index (χ2v) is 7.35. The molecule has 0 saturated carbocycles. The van der Waals surface area contributed by atoms with Crippen molar-refractivity contribution in [2.24, 2.45) is 5.92 Å². The predicted octanol–water partition coefficient (Wildman–Crippen LogP) is 3.51. The highest BCUT2D eigenvalue weighted by molar-refractivity contribution is 5.95. The number of nitrogens with one attached hydrogen (secondary N) is 1. The van der Waals surface area contributed by atoms with Crippen molar-refractivity contribution in [3.63, 3.8) is 0 Å². The molecule has 1 fully saturated rings. The van der Waals surface area contributed by atoms with Gasteiger partial charge in [0, 0.05) is 31.1 Å². The SMILES string of the molecule is Cc1ccccc1CCNC(=O)C1CCN(C(=O)c2ccccc2C)CC1. The minimum Gasteiger partial charge on any atom is -0.356 e.